The molecular formula is C39H24N6O10. The van der Waals surface area contributed by atoms with Crippen LogP contribution in [-0.2, 0) is 5.41 Å². The van der Waals surface area contributed by atoms with E-state index in [1.807, 2.05) is 72.8 Å². The molecule has 0 saturated heterocycles. The highest BCUT2D eigenvalue weighted by molar-refractivity contribution is 6.06. The first kappa shape index (κ1) is 35.3. The first-order valence-corrected chi connectivity index (χ1v) is 16.3. The number of carbonyl (C=O) groups is 2. The zero-order valence-electron chi connectivity index (χ0n) is 28.1. The van der Waals surface area contributed by atoms with Crippen LogP contribution in [0.5, 0.6) is 0 Å². The minimum absolute atomic E-state index is 0.268. The number of hydrogen-bond acceptors (Lipinski definition) is 10. The summed E-state index contributed by atoms with van der Waals surface area (Å²) in [5, 5.41) is 50.8. The Morgan fingerprint density at radius 3 is 1.05 bits per heavy atom. The molecule has 270 valence electrons. The van der Waals surface area contributed by atoms with Crippen LogP contribution in [-0.4, -0.2) is 31.5 Å². The van der Waals surface area contributed by atoms with Gasteiger partial charge in [-0.25, -0.2) is 0 Å². The van der Waals surface area contributed by atoms with Gasteiger partial charge in [0.15, 0.2) is 0 Å². The lowest BCUT2D eigenvalue weighted by Gasteiger charge is -2.34. The zero-order chi connectivity index (χ0) is 39.0. The molecule has 0 saturated carbocycles. The summed E-state index contributed by atoms with van der Waals surface area (Å²) in [6.45, 7) is 0. The molecule has 6 aromatic rings. The normalized spacial score (nSPS) is 12.1. The Bertz CT molecular complexity index is 2360. The van der Waals surface area contributed by atoms with Gasteiger partial charge in [0.2, 0.25) is 0 Å². The van der Waals surface area contributed by atoms with Gasteiger partial charge in [0.25, 0.3) is 34.6 Å². The number of nitrogens with zero attached hydrogens (tertiary/aromatic N) is 4. The Balaban J connectivity index is 1.26. The van der Waals surface area contributed by atoms with E-state index in [0.29, 0.717) is 11.4 Å². The van der Waals surface area contributed by atoms with Crippen molar-refractivity contribution in [2.75, 3.05) is 10.6 Å². The number of benzene rings is 6. The van der Waals surface area contributed by atoms with Gasteiger partial charge in [0, 0.05) is 35.6 Å². The molecule has 0 aliphatic heterocycles. The van der Waals surface area contributed by atoms with Crippen molar-refractivity contribution in [3.63, 3.8) is 0 Å². The molecule has 0 heterocycles. The fraction of sp³-hybridized carbons (Fsp3) is 0.0256. The zero-order valence-corrected chi connectivity index (χ0v) is 28.1. The molecule has 6 aromatic carbocycles. The van der Waals surface area contributed by atoms with Crippen molar-refractivity contribution in [1.82, 2.24) is 0 Å². The van der Waals surface area contributed by atoms with Crippen LogP contribution in [0.25, 0.3) is 11.1 Å². The van der Waals surface area contributed by atoms with Crippen LogP contribution in [0.15, 0.2) is 133 Å². The maximum atomic E-state index is 13.2. The molecule has 7 rings (SSSR count). The van der Waals surface area contributed by atoms with Crippen LogP contribution in [0, 0.1) is 40.5 Å². The highest BCUT2D eigenvalue weighted by atomic mass is 16.6. The van der Waals surface area contributed by atoms with Crippen molar-refractivity contribution < 1.29 is 29.3 Å². The van der Waals surface area contributed by atoms with Crippen molar-refractivity contribution in [3.8, 4) is 11.1 Å². The largest absolute Gasteiger partial charge is 0.322 e. The Labute approximate surface area is 309 Å². The number of anilines is 2. The molecule has 16 heteroatoms. The average molecular weight is 737 g/mol. The lowest BCUT2D eigenvalue weighted by Crippen LogP contribution is -2.28. The van der Waals surface area contributed by atoms with Crippen molar-refractivity contribution in [2.24, 2.45) is 0 Å². The van der Waals surface area contributed by atoms with E-state index in [2.05, 4.69) is 10.6 Å². The van der Waals surface area contributed by atoms with Crippen molar-refractivity contribution >= 4 is 45.9 Å². The average Bonchev–Trinajstić information content (AvgIpc) is 3.49. The molecule has 0 atom stereocenters. The van der Waals surface area contributed by atoms with E-state index in [1.165, 1.54) is 0 Å². The first-order valence-electron chi connectivity index (χ1n) is 16.3. The van der Waals surface area contributed by atoms with Gasteiger partial charge in [-0.2, -0.15) is 0 Å². The van der Waals surface area contributed by atoms with Gasteiger partial charge in [-0.15, -0.1) is 0 Å². The highest BCUT2D eigenvalue weighted by Gasteiger charge is 2.45. The van der Waals surface area contributed by atoms with Gasteiger partial charge in [-0.1, -0.05) is 72.8 Å². The molecular weight excluding hydrogens is 712 g/mol. The Morgan fingerprint density at radius 2 is 0.745 bits per heavy atom. The van der Waals surface area contributed by atoms with E-state index in [4.69, 9.17) is 0 Å². The number of fused-ring (bicyclic) bond motifs is 3. The predicted octanol–water partition coefficient (Wildman–Crippen LogP) is 8.19. The molecule has 0 radical (unpaired) electrons. The maximum Gasteiger partial charge on any atom is 0.277 e. The van der Waals surface area contributed by atoms with Gasteiger partial charge >= 0.3 is 0 Å². The Kier molecular flexibility index (Phi) is 8.83. The number of nitrogens with one attached hydrogen (secondary N) is 2. The second-order valence-electron chi connectivity index (χ2n) is 12.4. The van der Waals surface area contributed by atoms with Crippen LogP contribution in [0.1, 0.15) is 43.0 Å². The summed E-state index contributed by atoms with van der Waals surface area (Å²) < 4.78 is 0. The minimum Gasteiger partial charge on any atom is -0.322 e. The standard InChI is InChI=1S/C39H24N6O10/c46-37(23-17-29(42(48)49)21-30(18-23)43(50)51)40-27-13-9-25(10-14-27)39(35-7-3-1-5-33(35)34-6-2-4-8-36(34)39)26-11-15-28(16-12-26)41-38(47)24-19-31(44(52)53)22-32(20-24)45(54)55/h1-22H,(H,40,46)(H,41,47). The van der Waals surface area contributed by atoms with Gasteiger partial charge < -0.3 is 10.6 Å². The summed E-state index contributed by atoms with van der Waals surface area (Å²) >= 11 is 0. The number of carbonyl (C=O) groups excluding carboxylic acids is 2. The van der Waals surface area contributed by atoms with Crippen molar-refractivity contribution in [2.45, 2.75) is 5.41 Å². The quantitative estimate of drug-likeness (QED) is 0.101. The third-order valence-electron chi connectivity index (χ3n) is 9.28. The molecule has 0 fully saturated rings. The van der Waals surface area contributed by atoms with Crippen LogP contribution in [0.4, 0.5) is 34.1 Å². The summed E-state index contributed by atoms with van der Waals surface area (Å²) in [7, 11) is 0. The van der Waals surface area contributed by atoms with E-state index in [1.54, 1.807) is 24.3 Å². The van der Waals surface area contributed by atoms with Crippen LogP contribution < -0.4 is 10.6 Å². The van der Waals surface area contributed by atoms with E-state index in [0.717, 1.165) is 69.8 Å². The lowest BCUT2D eigenvalue weighted by molar-refractivity contribution is -0.394. The monoisotopic (exact) mass is 736 g/mol. The number of rotatable bonds is 10. The van der Waals surface area contributed by atoms with Gasteiger partial charge in [-0.05, 0) is 57.6 Å². The lowest BCUT2D eigenvalue weighted by atomic mass is 9.67. The smallest absolute Gasteiger partial charge is 0.277 e. The van der Waals surface area contributed by atoms with E-state index >= 15 is 0 Å². The van der Waals surface area contributed by atoms with Crippen molar-refractivity contribution in [1.29, 1.82) is 0 Å². The molecule has 2 N–H and O–H groups in total. The number of non-ortho nitro benzene ring substituents is 4. The Hall–Kier alpha value is -8.14. The maximum absolute atomic E-state index is 13.2. The summed E-state index contributed by atoms with van der Waals surface area (Å²) in [6, 6.07) is 34.9. The summed E-state index contributed by atoms with van der Waals surface area (Å²) in [6.07, 6.45) is 0. The van der Waals surface area contributed by atoms with E-state index in [9.17, 15) is 50.0 Å². The molecule has 16 nitrogen and oxygen atoms in total. The molecule has 0 aromatic heterocycles. The van der Waals surface area contributed by atoms with Crippen LogP contribution in [0.2, 0.25) is 0 Å². The molecule has 0 unspecified atom stereocenters. The third-order valence-corrected chi connectivity index (χ3v) is 9.28. The molecule has 0 spiro atoms. The first-order chi connectivity index (χ1) is 26.4. The number of hydrogen-bond donors (Lipinski definition) is 2. The molecule has 0 bridgehead atoms. The second-order valence-corrected chi connectivity index (χ2v) is 12.4. The molecule has 1 aliphatic carbocycles. The summed E-state index contributed by atoms with van der Waals surface area (Å²) in [5.41, 5.74) is 2.19. The fourth-order valence-corrected chi connectivity index (χ4v) is 6.91. The number of nitro groups is 4. The van der Waals surface area contributed by atoms with Crippen LogP contribution in [0.3, 0.4) is 0 Å². The third kappa shape index (κ3) is 6.35. The topological polar surface area (TPSA) is 231 Å². The molecule has 2 amide bonds. The molecule has 55 heavy (non-hydrogen) atoms. The van der Waals surface area contributed by atoms with Gasteiger partial charge in [0.05, 0.1) is 48.4 Å². The molecule has 1 aliphatic rings. The highest BCUT2D eigenvalue weighted by Crippen LogP contribution is 2.56. The van der Waals surface area contributed by atoms with Gasteiger partial charge in [0.1, 0.15) is 0 Å². The summed E-state index contributed by atoms with van der Waals surface area (Å²) in [5.74, 6) is -1.58. The Morgan fingerprint density at radius 1 is 0.436 bits per heavy atom. The number of amides is 2. The second kappa shape index (κ2) is 13.8. The van der Waals surface area contributed by atoms with Crippen LogP contribution >= 0.6 is 0 Å². The van der Waals surface area contributed by atoms with Crippen molar-refractivity contribution in [3.05, 3.63) is 207 Å². The number of nitro benzene ring substituents is 4. The van der Waals surface area contributed by atoms with Gasteiger partial charge in [-0.3, -0.25) is 50.0 Å². The SMILES string of the molecule is O=C(Nc1ccc(C2(c3ccc(NC(=O)c4cc([N+](=O)[O-])cc([N+](=O)[O-])c4)cc3)c3ccccc3-c3ccccc32)cc1)c1cc([N+](=O)[O-])cc([N+](=O)[O-])c1. The summed E-state index contributed by atoms with van der Waals surface area (Å²) in [4.78, 5) is 68.5. The fourth-order valence-electron chi connectivity index (χ4n) is 6.91. The van der Waals surface area contributed by atoms with E-state index < -0.39 is 59.7 Å². The van der Waals surface area contributed by atoms with E-state index in [-0.39, 0.29) is 11.1 Å². The minimum atomic E-state index is -0.917. The predicted molar refractivity (Wildman–Crippen MR) is 199 cm³/mol.